The van der Waals surface area contributed by atoms with Crippen molar-refractivity contribution in [2.24, 2.45) is 5.92 Å². The fraction of sp³-hybridized carbons (Fsp3) is 0.818. The number of aliphatic carboxylic acids is 1. The van der Waals surface area contributed by atoms with E-state index in [0.717, 1.165) is 18.6 Å². The summed E-state index contributed by atoms with van der Waals surface area (Å²) < 4.78 is 0. The number of rotatable bonds is 7. The van der Waals surface area contributed by atoms with Crippen molar-refractivity contribution in [3.63, 3.8) is 0 Å². The molecule has 0 unspecified atom stereocenters. The summed E-state index contributed by atoms with van der Waals surface area (Å²) in [5.41, 5.74) is 0. The van der Waals surface area contributed by atoms with E-state index in [1.54, 1.807) is 23.7 Å². The van der Waals surface area contributed by atoms with Crippen LogP contribution in [0.15, 0.2) is 0 Å². The molecule has 5 nitrogen and oxygen atoms in total. The molecule has 17 heavy (non-hydrogen) atoms. The molecule has 0 bridgehead atoms. The highest BCUT2D eigenvalue weighted by molar-refractivity contribution is 7.98. The molecule has 0 saturated heterocycles. The van der Waals surface area contributed by atoms with Gasteiger partial charge in [0.15, 0.2) is 0 Å². The second-order valence-electron chi connectivity index (χ2n) is 4.41. The molecule has 0 aromatic rings. The first-order valence-corrected chi connectivity index (χ1v) is 7.14. The van der Waals surface area contributed by atoms with E-state index in [-0.39, 0.29) is 12.6 Å². The summed E-state index contributed by atoms with van der Waals surface area (Å²) in [6, 6.07) is -0.173. The van der Waals surface area contributed by atoms with Gasteiger partial charge in [-0.05, 0) is 25.0 Å². The second-order valence-corrected chi connectivity index (χ2v) is 5.40. The van der Waals surface area contributed by atoms with Gasteiger partial charge in [0.25, 0.3) is 0 Å². The number of carbonyl (C=O) groups excluding carboxylic acids is 1. The van der Waals surface area contributed by atoms with Crippen molar-refractivity contribution in [1.29, 1.82) is 0 Å². The van der Waals surface area contributed by atoms with Crippen LogP contribution in [0.1, 0.15) is 12.8 Å². The quantitative estimate of drug-likeness (QED) is 0.747. The number of hydrogen-bond donors (Lipinski definition) is 1. The average molecular weight is 260 g/mol. The SMILES string of the molecule is CSCCN(C)C(=O)N(CC(=O)O)CC1CC1. The Morgan fingerprint density at radius 2 is 2.06 bits per heavy atom. The third-order valence-corrected chi connectivity index (χ3v) is 3.32. The highest BCUT2D eigenvalue weighted by atomic mass is 32.2. The van der Waals surface area contributed by atoms with Gasteiger partial charge in [0.1, 0.15) is 6.54 Å². The van der Waals surface area contributed by atoms with E-state index in [2.05, 4.69) is 0 Å². The average Bonchev–Trinajstić information content (AvgIpc) is 3.07. The molecule has 1 saturated carbocycles. The molecule has 1 aliphatic rings. The van der Waals surface area contributed by atoms with Gasteiger partial charge in [-0.15, -0.1) is 0 Å². The molecule has 0 heterocycles. The van der Waals surface area contributed by atoms with Crippen LogP contribution in [0.4, 0.5) is 4.79 Å². The zero-order valence-electron chi connectivity index (χ0n) is 10.4. The number of carboxylic acid groups (broad SMARTS) is 1. The summed E-state index contributed by atoms with van der Waals surface area (Å²) >= 11 is 1.67. The second kappa shape index (κ2) is 6.74. The van der Waals surface area contributed by atoms with Crippen molar-refractivity contribution >= 4 is 23.8 Å². The van der Waals surface area contributed by atoms with E-state index in [1.165, 1.54) is 4.90 Å². The third-order valence-electron chi connectivity index (χ3n) is 2.73. The van der Waals surface area contributed by atoms with E-state index in [4.69, 9.17) is 5.11 Å². The minimum atomic E-state index is -0.947. The van der Waals surface area contributed by atoms with Gasteiger partial charge >= 0.3 is 12.0 Å². The normalized spacial score (nSPS) is 14.5. The monoisotopic (exact) mass is 260 g/mol. The maximum Gasteiger partial charge on any atom is 0.323 e. The first-order valence-electron chi connectivity index (χ1n) is 5.75. The van der Waals surface area contributed by atoms with Crippen LogP contribution in [0.25, 0.3) is 0 Å². The smallest absolute Gasteiger partial charge is 0.323 e. The van der Waals surface area contributed by atoms with Crippen LogP contribution in [0.5, 0.6) is 0 Å². The Morgan fingerprint density at radius 1 is 1.41 bits per heavy atom. The molecule has 2 amide bonds. The summed E-state index contributed by atoms with van der Waals surface area (Å²) in [7, 11) is 1.72. The van der Waals surface area contributed by atoms with Gasteiger partial charge in [0.05, 0.1) is 0 Å². The van der Waals surface area contributed by atoms with Gasteiger partial charge < -0.3 is 14.9 Å². The standard InChI is InChI=1S/C11H20N2O3S/c1-12(5-6-17-2)11(16)13(8-10(14)15)7-9-3-4-9/h9H,3-8H2,1-2H3,(H,14,15). The predicted molar refractivity (Wildman–Crippen MR) is 68.3 cm³/mol. The summed E-state index contributed by atoms with van der Waals surface area (Å²) in [6.07, 6.45) is 4.20. The van der Waals surface area contributed by atoms with Crippen LogP contribution in [0, 0.1) is 5.92 Å². The molecule has 1 aliphatic carbocycles. The Bertz CT molecular complexity index is 282. The van der Waals surface area contributed by atoms with Crippen LogP contribution < -0.4 is 0 Å². The lowest BCUT2D eigenvalue weighted by Gasteiger charge is -2.26. The number of hydrogen-bond acceptors (Lipinski definition) is 3. The number of carbonyl (C=O) groups is 2. The largest absolute Gasteiger partial charge is 0.480 e. The van der Waals surface area contributed by atoms with Crippen molar-refractivity contribution < 1.29 is 14.7 Å². The van der Waals surface area contributed by atoms with Gasteiger partial charge in [-0.3, -0.25) is 4.79 Å². The van der Waals surface area contributed by atoms with Gasteiger partial charge in [0, 0.05) is 25.9 Å². The molecule has 1 fully saturated rings. The van der Waals surface area contributed by atoms with Crippen LogP contribution in [0.3, 0.4) is 0 Å². The number of urea groups is 1. The summed E-state index contributed by atoms with van der Waals surface area (Å²) in [5.74, 6) is 0.427. The van der Waals surface area contributed by atoms with E-state index in [0.29, 0.717) is 19.0 Å². The van der Waals surface area contributed by atoms with Gasteiger partial charge in [-0.2, -0.15) is 11.8 Å². The van der Waals surface area contributed by atoms with E-state index in [9.17, 15) is 9.59 Å². The van der Waals surface area contributed by atoms with Crippen molar-refractivity contribution in [1.82, 2.24) is 9.80 Å². The number of nitrogens with zero attached hydrogens (tertiary/aromatic N) is 2. The van der Waals surface area contributed by atoms with Crippen LogP contribution in [-0.4, -0.2) is 65.6 Å². The minimum Gasteiger partial charge on any atom is -0.480 e. The van der Waals surface area contributed by atoms with Crippen molar-refractivity contribution in [2.45, 2.75) is 12.8 Å². The van der Waals surface area contributed by atoms with E-state index >= 15 is 0 Å². The molecular formula is C11H20N2O3S. The molecular weight excluding hydrogens is 240 g/mol. The predicted octanol–water partition coefficient (Wildman–Crippen LogP) is 1.20. The van der Waals surface area contributed by atoms with Crippen molar-refractivity contribution in [3.8, 4) is 0 Å². The highest BCUT2D eigenvalue weighted by Gasteiger charge is 2.29. The Labute approximate surface area is 106 Å². The van der Waals surface area contributed by atoms with Gasteiger partial charge in [-0.25, -0.2) is 4.79 Å². The maximum atomic E-state index is 12.0. The summed E-state index contributed by atoms with van der Waals surface area (Å²) in [4.78, 5) is 25.8. The summed E-state index contributed by atoms with van der Waals surface area (Å²) in [6.45, 7) is 1.04. The topological polar surface area (TPSA) is 60.9 Å². The molecule has 0 aromatic heterocycles. The maximum absolute atomic E-state index is 12.0. The molecule has 0 aliphatic heterocycles. The highest BCUT2D eigenvalue weighted by Crippen LogP contribution is 2.29. The Hall–Kier alpha value is -0.910. The molecule has 0 spiro atoms. The van der Waals surface area contributed by atoms with Crippen molar-refractivity contribution in [2.75, 3.05) is 38.7 Å². The fourth-order valence-corrected chi connectivity index (χ4v) is 2.01. The molecule has 0 aromatic carbocycles. The minimum absolute atomic E-state index is 0.173. The lowest BCUT2D eigenvalue weighted by atomic mass is 10.3. The van der Waals surface area contributed by atoms with Gasteiger partial charge in [-0.1, -0.05) is 0 Å². The van der Waals surface area contributed by atoms with Crippen LogP contribution in [0.2, 0.25) is 0 Å². The molecule has 0 radical (unpaired) electrons. The Morgan fingerprint density at radius 3 is 2.53 bits per heavy atom. The number of thioether (sulfide) groups is 1. The first kappa shape index (κ1) is 14.2. The Kier molecular flexibility index (Phi) is 5.61. The number of carboxylic acids is 1. The molecule has 1 rings (SSSR count). The molecule has 1 N–H and O–H groups in total. The number of amides is 2. The zero-order valence-corrected chi connectivity index (χ0v) is 11.2. The Balaban J connectivity index is 2.47. The lowest BCUT2D eigenvalue weighted by molar-refractivity contribution is -0.137. The van der Waals surface area contributed by atoms with Gasteiger partial charge in [0.2, 0.25) is 0 Å². The van der Waals surface area contributed by atoms with Crippen LogP contribution >= 0.6 is 11.8 Å². The molecule has 98 valence electrons. The van der Waals surface area contributed by atoms with Crippen molar-refractivity contribution in [3.05, 3.63) is 0 Å². The van der Waals surface area contributed by atoms with Crippen LogP contribution in [-0.2, 0) is 4.79 Å². The first-order chi connectivity index (χ1) is 8.04. The molecule has 6 heteroatoms. The third kappa shape index (κ3) is 5.30. The fourth-order valence-electron chi connectivity index (χ4n) is 1.55. The zero-order chi connectivity index (χ0) is 12.8. The summed E-state index contributed by atoms with van der Waals surface area (Å²) in [5, 5.41) is 8.81. The van der Waals surface area contributed by atoms with E-state index < -0.39 is 5.97 Å². The molecule has 0 atom stereocenters. The lowest BCUT2D eigenvalue weighted by Crippen LogP contribution is -2.45. The van der Waals surface area contributed by atoms with E-state index in [1.807, 2.05) is 6.26 Å².